The summed E-state index contributed by atoms with van der Waals surface area (Å²) >= 11 is 1.35. The summed E-state index contributed by atoms with van der Waals surface area (Å²) in [6, 6.07) is 12.6. The van der Waals surface area contributed by atoms with Crippen LogP contribution in [0, 0.1) is 0 Å². The summed E-state index contributed by atoms with van der Waals surface area (Å²) in [5, 5.41) is 14.2. The van der Waals surface area contributed by atoms with E-state index in [0.29, 0.717) is 11.3 Å². The number of nitrogens with one attached hydrogen (secondary N) is 1. The molecule has 0 aliphatic heterocycles. The number of aromatic nitrogens is 2. The molecule has 0 spiro atoms. The van der Waals surface area contributed by atoms with Gasteiger partial charge in [-0.1, -0.05) is 23.9 Å². The smallest absolute Gasteiger partial charge is 0.250 e. The zero-order valence-corrected chi connectivity index (χ0v) is 15.2. The normalized spacial score (nSPS) is 11.2. The van der Waals surface area contributed by atoms with E-state index in [2.05, 4.69) is 15.5 Å². The van der Waals surface area contributed by atoms with Crippen molar-refractivity contribution >= 4 is 34.9 Å². The number of thioether (sulfide) groups is 1. The average Bonchev–Trinajstić information content (AvgIpc) is 2.97. The van der Waals surface area contributed by atoms with Crippen LogP contribution in [0.25, 0.3) is 11.0 Å². The van der Waals surface area contributed by atoms with Gasteiger partial charge < -0.3 is 14.4 Å². The van der Waals surface area contributed by atoms with Gasteiger partial charge in [0, 0.05) is 7.05 Å². The topological polar surface area (TPSA) is 88.7 Å². The Bertz CT molecular complexity index is 968. The minimum atomic E-state index is -0.232. The number of hydrogen-bond donors (Lipinski definition) is 2. The van der Waals surface area contributed by atoms with E-state index in [0.717, 1.165) is 16.2 Å². The summed E-state index contributed by atoms with van der Waals surface area (Å²) in [5.74, 6) is 0.363. The maximum atomic E-state index is 12.0. The van der Waals surface area contributed by atoms with Gasteiger partial charge in [0.15, 0.2) is 16.7 Å². The maximum absolute atomic E-state index is 12.0. The van der Waals surface area contributed by atoms with Gasteiger partial charge in [0.25, 0.3) is 5.91 Å². The first kappa shape index (κ1) is 17.8. The Hall–Kier alpha value is -3.00. The molecule has 0 saturated heterocycles. The highest BCUT2D eigenvalue weighted by Gasteiger charge is 2.09. The highest BCUT2D eigenvalue weighted by atomic mass is 32.2. The second-order valence-corrected chi connectivity index (χ2v) is 6.40. The molecule has 0 fully saturated rings. The predicted octanol–water partition coefficient (Wildman–Crippen LogP) is 2.53. The summed E-state index contributed by atoms with van der Waals surface area (Å²) in [6.07, 6.45) is 1.49. The van der Waals surface area contributed by atoms with E-state index in [1.54, 1.807) is 12.1 Å². The van der Waals surface area contributed by atoms with Gasteiger partial charge in [-0.3, -0.25) is 4.79 Å². The molecule has 0 aliphatic carbocycles. The quantitative estimate of drug-likeness (QED) is 0.395. The lowest BCUT2D eigenvalue weighted by molar-refractivity contribution is -0.118. The van der Waals surface area contributed by atoms with Crippen LogP contribution in [-0.4, -0.2) is 39.6 Å². The lowest BCUT2D eigenvalue weighted by atomic mass is 10.2. The molecule has 7 nitrogen and oxygen atoms in total. The minimum absolute atomic E-state index is 0.0486. The molecule has 0 bridgehead atoms. The van der Waals surface area contributed by atoms with E-state index in [-0.39, 0.29) is 17.4 Å². The molecule has 8 heteroatoms. The minimum Gasteiger partial charge on any atom is -0.504 e. The van der Waals surface area contributed by atoms with E-state index in [1.807, 2.05) is 35.9 Å². The number of fused-ring (bicyclic) bond motifs is 1. The zero-order chi connectivity index (χ0) is 18.5. The third-order valence-corrected chi connectivity index (χ3v) is 4.71. The average molecular weight is 370 g/mol. The van der Waals surface area contributed by atoms with Crippen LogP contribution in [0.5, 0.6) is 11.5 Å². The van der Waals surface area contributed by atoms with Crippen LogP contribution in [0.2, 0.25) is 0 Å². The number of carbonyl (C=O) groups is 1. The Morgan fingerprint density at radius 1 is 1.38 bits per heavy atom. The zero-order valence-electron chi connectivity index (χ0n) is 14.3. The fourth-order valence-electron chi connectivity index (χ4n) is 2.37. The third kappa shape index (κ3) is 3.97. The standard InChI is InChI=1S/C18H18N4O3S/c1-22-14-6-4-3-5-13(14)20-18(22)26-11-17(24)21-19-10-12-7-8-15(23)16(9-12)25-2/h3-10,23H,11H2,1-2H3,(H,21,24)/b19-10-. The molecule has 1 amide bonds. The van der Waals surface area contributed by atoms with Crippen molar-refractivity contribution in [3.63, 3.8) is 0 Å². The SMILES string of the molecule is COc1cc(/C=N\NC(=O)CSc2nc3ccccc3n2C)ccc1O. The van der Waals surface area contributed by atoms with E-state index in [4.69, 9.17) is 4.74 Å². The van der Waals surface area contributed by atoms with Crippen LogP contribution in [0.3, 0.4) is 0 Å². The molecule has 2 N–H and O–H groups in total. The number of phenols is 1. The van der Waals surface area contributed by atoms with Crippen LogP contribution in [0.15, 0.2) is 52.7 Å². The molecule has 0 saturated carbocycles. The van der Waals surface area contributed by atoms with Crippen molar-refractivity contribution in [2.24, 2.45) is 12.1 Å². The molecule has 1 heterocycles. The van der Waals surface area contributed by atoms with E-state index >= 15 is 0 Å². The lowest BCUT2D eigenvalue weighted by Crippen LogP contribution is -2.19. The first-order chi connectivity index (χ1) is 12.6. The summed E-state index contributed by atoms with van der Waals surface area (Å²) in [4.78, 5) is 16.5. The van der Waals surface area contributed by atoms with Crippen molar-refractivity contribution in [2.45, 2.75) is 5.16 Å². The summed E-state index contributed by atoms with van der Waals surface area (Å²) in [6.45, 7) is 0. The molecule has 2 aromatic carbocycles. The van der Waals surface area contributed by atoms with E-state index in [9.17, 15) is 9.90 Å². The summed E-state index contributed by atoms with van der Waals surface area (Å²) < 4.78 is 6.98. The number of phenolic OH excluding ortho intramolecular Hbond substituents is 1. The number of carbonyl (C=O) groups excluding carboxylic acids is 1. The molecule has 26 heavy (non-hydrogen) atoms. The van der Waals surface area contributed by atoms with Crippen LogP contribution in [-0.2, 0) is 11.8 Å². The third-order valence-electron chi connectivity index (χ3n) is 3.69. The molecule has 0 atom stereocenters. The molecule has 0 aliphatic rings. The van der Waals surface area contributed by atoms with Crippen LogP contribution < -0.4 is 10.2 Å². The van der Waals surface area contributed by atoms with Crippen molar-refractivity contribution in [3.8, 4) is 11.5 Å². The number of methoxy groups -OCH3 is 1. The first-order valence-corrected chi connectivity index (χ1v) is 8.80. The van der Waals surface area contributed by atoms with Crippen LogP contribution in [0.1, 0.15) is 5.56 Å². The van der Waals surface area contributed by atoms with Gasteiger partial charge in [-0.2, -0.15) is 5.10 Å². The number of rotatable bonds is 6. The monoisotopic (exact) mass is 370 g/mol. The van der Waals surface area contributed by atoms with Gasteiger partial charge in [0.2, 0.25) is 0 Å². The molecule has 0 radical (unpaired) electrons. The van der Waals surface area contributed by atoms with Crippen LogP contribution >= 0.6 is 11.8 Å². The lowest BCUT2D eigenvalue weighted by Gasteiger charge is -2.03. The Kier molecular flexibility index (Phi) is 5.43. The first-order valence-electron chi connectivity index (χ1n) is 7.81. The number of benzene rings is 2. The summed E-state index contributed by atoms with van der Waals surface area (Å²) in [5.41, 5.74) is 5.10. The molecular weight excluding hydrogens is 352 g/mol. The van der Waals surface area contributed by atoms with Gasteiger partial charge in [0.05, 0.1) is 30.1 Å². The number of para-hydroxylation sites is 2. The van der Waals surface area contributed by atoms with E-state index in [1.165, 1.54) is 31.2 Å². The fraction of sp³-hybridized carbons (Fsp3) is 0.167. The predicted molar refractivity (Wildman–Crippen MR) is 102 cm³/mol. The Balaban J connectivity index is 1.56. The molecular formula is C18H18N4O3S. The Morgan fingerprint density at radius 2 is 2.19 bits per heavy atom. The van der Waals surface area contributed by atoms with Crippen molar-refractivity contribution in [1.82, 2.24) is 15.0 Å². The molecule has 3 rings (SSSR count). The van der Waals surface area contributed by atoms with Gasteiger partial charge in [-0.05, 0) is 35.9 Å². The molecule has 1 aromatic heterocycles. The van der Waals surface area contributed by atoms with Gasteiger partial charge in [-0.15, -0.1) is 0 Å². The van der Waals surface area contributed by atoms with Crippen molar-refractivity contribution in [3.05, 3.63) is 48.0 Å². The number of amides is 1. The van der Waals surface area contributed by atoms with Crippen molar-refractivity contribution < 1.29 is 14.6 Å². The fourth-order valence-corrected chi connectivity index (χ4v) is 3.15. The molecule has 3 aromatic rings. The van der Waals surface area contributed by atoms with E-state index < -0.39 is 0 Å². The van der Waals surface area contributed by atoms with Gasteiger partial charge in [0.1, 0.15) is 0 Å². The van der Waals surface area contributed by atoms with Crippen molar-refractivity contribution in [2.75, 3.05) is 12.9 Å². The summed E-state index contributed by atoms with van der Waals surface area (Å²) in [7, 11) is 3.39. The number of imidazole rings is 1. The Labute approximate surface area is 154 Å². The number of ether oxygens (including phenoxy) is 1. The largest absolute Gasteiger partial charge is 0.504 e. The van der Waals surface area contributed by atoms with Gasteiger partial charge in [-0.25, -0.2) is 10.4 Å². The highest BCUT2D eigenvalue weighted by molar-refractivity contribution is 7.99. The second-order valence-electron chi connectivity index (χ2n) is 5.46. The number of nitrogens with zero attached hydrogens (tertiary/aromatic N) is 3. The van der Waals surface area contributed by atoms with Crippen molar-refractivity contribution in [1.29, 1.82) is 0 Å². The number of hydrogen-bond acceptors (Lipinski definition) is 6. The number of aromatic hydroxyl groups is 1. The van der Waals surface area contributed by atoms with Crippen LogP contribution in [0.4, 0.5) is 0 Å². The highest BCUT2D eigenvalue weighted by Crippen LogP contribution is 2.25. The maximum Gasteiger partial charge on any atom is 0.250 e. The number of aryl methyl sites for hydroxylation is 1. The molecule has 0 unspecified atom stereocenters. The second kappa shape index (κ2) is 7.92. The van der Waals surface area contributed by atoms with Gasteiger partial charge >= 0.3 is 0 Å². The Morgan fingerprint density at radius 3 is 2.96 bits per heavy atom. The number of hydrazone groups is 1. The molecule has 134 valence electrons.